The lowest BCUT2D eigenvalue weighted by molar-refractivity contribution is -0.138. The summed E-state index contributed by atoms with van der Waals surface area (Å²) in [6, 6.07) is 1.68. The number of aryl methyl sites for hydroxylation is 1. The smallest absolute Gasteiger partial charge is 0.305 e. The molecule has 2 heterocycles. The minimum Gasteiger partial charge on any atom is -0.481 e. The summed E-state index contributed by atoms with van der Waals surface area (Å²) in [5.41, 5.74) is 0. The number of amides is 1. The fourth-order valence-electron chi connectivity index (χ4n) is 2.22. The van der Waals surface area contributed by atoms with Gasteiger partial charge in [0.25, 0.3) is 0 Å². The monoisotopic (exact) mass is 347 g/mol. The summed E-state index contributed by atoms with van der Waals surface area (Å²) < 4.78 is 5.12. The van der Waals surface area contributed by atoms with Crippen molar-refractivity contribution in [2.75, 3.05) is 13.1 Å². The van der Waals surface area contributed by atoms with Crippen LogP contribution in [0.1, 0.15) is 32.6 Å². The van der Waals surface area contributed by atoms with Crippen LogP contribution in [0.4, 0.5) is 0 Å². The van der Waals surface area contributed by atoms with E-state index >= 15 is 0 Å². The van der Waals surface area contributed by atoms with Gasteiger partial charge in [0, 0.05) is 38.3 Å². The molecule has 0 fully saturated rings. The highest BCUT2D eigenvalue weighted by molar-refractivity contribution is 5.77. The predicted molar refractivity (Wildman–Crippen MR) is 87.3 cm³/mol. The van der Waals surface area contributed by atoms with Crippen molar-refractivity contribution in [3.8, 4) is 11.6 Å². The van der Waals surface area contributed by atoms with Crippen molar-refractivity contribution in [1.82, 2.24) is 25.0 Å². The van der Waals surface area contributed by atoms with Crippen LogP contribution in [0.5, 0.6) is 0 Å². The number of hydrogen-bond acceptors (Lipinski definition) is 7. The van der Waals surface area contributed by atoms with Gasteiger partial charge in [-0.3, -0.25) is 9.59 Å². The van der Waals surface area contributed by atoms with Crippen LogP contribution >= 0.6 is 0 Å². The largest absolute Gasteiger partial charge is 0.481 e. The highest BCUT2D eigenvalue weighted by Gasteiger charge is 2.18. The molecule has 2 rings (SSSR count). The normalized spacial score (nSPS) is 10.8. The Morgan fingerprint density at radius 1 is 1.20 bits per heavy atom. The first kappa shape index (κ1) is 18.5. The first-order valence-corrected chi connectivity index (χ1v) is 8.05. The first-order chi connectivity index (χ1) is 12.0. The molecule has 0 aliphatic carbocycles. The molecule has 0 bridgehead atoms. The lowest BCUT2D eigenvalue weighted by Crippen LogP contribution is -2.36. The molecular formula is C16H21N5O4. The fraction of sp³-hybridized carbons (Fsp3) is 0.500. The molecule has 25 heavy (non-hydrogen) atoms. The SMILES string of the molecule is CC(C)CN(CCC(=O)O)C(=O)CCc1nc(-c2ncccn2)no1. The van der Waals surface area contributed by atoms with E-state index < -0.39 is 5.97 Å². The van der Waals surface area contributed by atoms with Crippen LogP contribution < -0.4 is 0 Å². The van der Waals surface area contributed by atoms with Gasteiger partial charge in [-0.2, -0.15) is 4.98 Å². The molecule has 0 unspecified atom stereocenters. The average molecular weight is 347 g/mol. The second kappa shape index (κ2) is 8.86. The zero-order valence-corrected chi connectivity index (χ0v) is 14.3. The van der Waals surface area contributed by atoms with Crippen LogP contribution in [0.25, 0.3) is 11.6 Å². The Kier molecular flexibility index (Phi) is 6.55. The number of rotatable bonds is 9. The number of carbonyl (C=O) groups excluding carboxylic acids is 1. The lowest BCUT2D eigenvalue weighted by atomic mass is 10.1. The highest BCUT2D eigenvalue weighted by atomic mass is 16.5. The molecule has 1 N–H and O–H groups in total. The molecule has 0 spiro atoms. The third-order valence-corrected chi connectivity index (χ3v) is 3.32. The summed E-state index contributed by atoms with van der Waals surface area (Å²) in [6.07, 6.45) is 3.53. The number of carbonyl (C=O) groups is 2. The van der Waals surface area contributed by atoms with E-state index in [0.717, 1.165) is 0 Å². The van der Waals surface area contributed by atoms with Gasteiger partial charge in [-0.05, 0) is 12.0 Å². The van der Waals surface area contributed by atoms with E-state index in [1.807, 2.05) is 13.8 Å². The third-order valence-electron chi connectivity index (χ3n) is 3.32. The molecule has 2 aromatic rings. The summed E-state index contributed by atoms with van der Waals surface area (Å²) in [7, 11) is 0. The molecule has 134 valence electrons. The maximum absolute atomic E-state index is 12.4. The quantitative estimate of drug-likeness (QED) is 0.722. The summed E-state index contributed by atoms with van der Waals surface area (Å²) in [4.78, 5) is 36.9. The summed E-state index contributed by atoms with van der Waals surface area (Å²) in [6.45, 7) is 4.66. The number of aromatic nitrogens is 4. The van der Waals surface area contributed by atoms with Gasteiger partial charge >= 0.3 is 5.97 Å². The molecule has 0 aromatic carbocycles. The first-order valence-electron chi connectivity index (χ1n) is 8.05. The maximum atomic E-state index is 12.4. The Hall–Kier alpha value is -2.84. The summed E-state index contributed by atoms with van der Waals surface area (Å²) in [5, 5.41) is 12.6. The standard InChI is InChI=1S/C16H21N5O4/c1-11(2)10-21(9-6-14(23)24)13(22)5-4-12-19-16(20-25-12)15-17-7-3-8-18-15/h3,7-8,11H,4-6,9-10H2,1-2H3,(H,23,24). The number of carboxylic acids is 1. The molecular weight excluding hydrogens is 326 g/mol. The number of hydrogen-bond donors (Lipinski definition) is 1. The molecule has 0 saturated carbocycles. The fourth-order valence-corrected chi connectivity index (χ4v) is 2.22. The molecule has 0 radical (unpaired) electrons. The van der Waals surface area contributed by atoms with Gasteiger partial charge < -0.3 is 14.5 Å². The predicted octanol–water partition coefficient (Wildman–Crippen LogP) is 1.42. The molecule has 1 amide bonds. The van der Waals surface area contributed by atoms with Gasteiger partial charge in [-0.25, -0.2) is 9.97 Å². The van der Waals surface area contributed by atoms with Gasteiger partial charge in [-0.15, -0.1) is 0 Å². The van der Waals surface area contributed by atoms with E-state index in [4.69, 9.17) is 9.63 Å². The van der Waals surface area contributed by atoms with Crippen molar-refractivity contribution in [1.29, 1.82) is 0 Å². The Bertz CT molecular complexity index is 702. The van der Waals surface area contributed by atoms with E-state index in [1.54, 1.807) is 23.4 Å². The van der Waals surface area contributed by atoms with Gasteiger partial charge in [0.1, 0.15) is 0 Å². The van der Waals surface area contributed by atoms with Crippen LogP contribution in [0.15, 0.2) is 23.0 Å². The molecule has 2 aromatic heterocycles. The number of nitrogens with zero attached hydrogens (tertiary/aromatic N) is 5. The van der Waals surface area contributed by atoms with Crippen molar-refractivity contribution in [3.05, 3.63) is 24.4 Å². The zero-order valence-electron chi connectivity index (χ0n) is 14.3. The van der Waals surface area contributed by atoms with Crippen LogP contribution in [0.3, 0.4) is 0 Å². The van der Waals surface area contributed by atoms with Gasteiger partial charge in [0.05, 0.1) is 6.42 Å². The molecule has 0 atom stereocenters. The van der Waals surface area contributed by atoms with E-state index in [2.05, 4.69) is 20.1 Å². The minimum absolute atomic E-state index is 0.0749. The Morgan fingerprint density at radius 3 is 2.56 bits per heavy atom. The number of aliphatic carboxylic acids is 1. The van der Waals surface area contributed by atoms with Crippen LogP contribution in [-0.4, -0.2) is 55.1 Å². The van der Waals surface area contributed by atoms with E-state index in [9.17, 15) is 9.59 Å². The van der Waals surface area contributed by atoms with Gasteiger partial charge in [0.2, 0.25) is 23.4 Å². The number of carboxylic acid groups (broad SMARTS) is 1. The van der Waals surface area contributed by atoms with Crippen LogP contribution in [0.2, 0.25) is 0 Å². The third kappa shape index (κ3) is 5.94. The van der Waals surface area contributed by atoms with E-state index in [0.29, 0.717) is 18.3 Å². The molecule has 9 heteroatoms. The van der Waals surface area contributed by atoms with Crippen molar-refractivity contribution in [2.45, 2.75) is 33.1 Å². The molecule has 0 saturated heterocycles. The maximum Gasteiger partial charge on any atom is 0.305 e. The van der Waals surface area contributed by atoms with Crippen molar-refractivity contribution in [3.63, 3.8) is 0 Å². The Labute approximate surface area is 145 Å². The molecule has 9 nitrogen and oxygen atoms in total. The minimum atomic E-state index is -0.925. The van der Waals surface area contributed by atoms with Gasteiger partial charge in [-0.1, -0.05) is 19.0 Å². The Balaban J connectivity index is 1.93. The summed E-state index contributed by atoms with van der Waals surface area (Å²) >= 11 is 0. The van der Waals surface area contributed by atoms with Crippen LogP contribution in [0, 0.1) is 5.92 Å². The highest BCUT2D eigenvalue weighted by Crippen LogP contribution is 2.11. The van der Waals surface area contributed by atoms with Crippen molar-refractivity contribution in [2.24, 2.45) is 5.92 Å². The molecule has 0 aliphatic rings. The Morgan fingerprint density at radius 2 is 1.92 bits per heavy atom. The van der Waals surface area contributed by atoms with E-state index in [-0.39, 0.29) is 43.5 Å². The second-order valence-electron chi connectivity index (χ2n) is 5.96. The van der Waals surface area contributed by atoms with Gasteiger partial charge in [0.15, 0.2) is 0 Å². The second-order valence-corrected chi connectivity index (χ2v) is 5.96. The zero-order chi connectivity index (χ0) is 18.2. The van der Waals surface area contributed by atoms with E-state index in [1.165, 1.54) is 0 Å². The van der Waals surface area contributed by atoms with Crippen LogP contribution in [-0.2, 0) is 16.0 Å². The molecule has 0 aliphatic heterocycles. The topological polar surface area (TPSA) is 122 Å². The van der Waals surface area contributed by atoms with Crippen molar-refractivity contribution >= 4 is 11.9 Å². The average Bonchev–Trinajstić information content (AvgIpc) is 3.06. The lowest BCUT2D eigenvalue weighted by Gasteiger charge is -2.23. The summed E-state index contributed by atoms with van der Waals surface area (Å²) in [5.74, 6) is 0.137. The van der Waals surface area contributed by atoms with Crippen molar-refractivity contribution < 1.29 is 19.2 Å².